The van der Waals surface area contributed by atoms with Crippen LogP contribution in [-0.2, 0) is 4.74 Å². The van der Waals surface area contributed by atoms with E-state index in [0.717, 1.165) is 18.5 Å². The van der Waals surface area contributed by atoms with E-state index in [4.69, 9.17) is 4.74 Å². The zero-order chi connectivity index (χ0) is 13.8. The summed E-state index contributed by atoms with van der Waals surface area (Å²) >= 11 is 0. The maximum absolute atomic E-state index is 14.3. The zero-order valence-corrected chi connectivity index (χ0v) is 11.9. The van der Waals surface area contributed by atoms with Crippen molar-refractivity contribution in [2.75, 3.05) is 31.7 Å². The van der Waals surface area contributed by atoms with Crippen LogP contribution >= 0.6 is 0 Å². The van der Waals surface area contributed by atoms with Gasteiger partial charge in [0, 0.05) is 12.6 Å². The molecule has 2 unspecified atom stereocenters. The number of halogens is 1. The van der Waals surface area contributed by atoms with Crippen molar-refractivity contribution in [1.82, 2.24) is 5.32 Å². The summed E-state index contributed by atoms with van der Waals surface area (Å²) in [5.41, 5.74) is 1.67. The van der Waals surface area contributed by atoms with Crippen LogP contribution in [0.15, 0.2) is 18.2 Å². The Bertz CT molecular complexity index is 425. The molecular formula is C15H23FN2O. The van der Waals surface area contributed by atoms with E-state index in [-0.39, 0.29) is 17.9 Å². The maximum atomic E-state index is 14.3. The fraction of sp³-hybridized carbons (Fsp3) is 0.600. The summed E-state index contributed by atoms with van der Waals surface area (Å²) in [6.07, 6.45) is 0.966. The molecule has 0 amide bonds. The summed E-state index contributed by atoms with van der Waals surface area (Å²) in [7, 11) is 1.88. The van der Waals surface area contributed by atoms with Crippen molar-refractivity contribution >= 4 is 5.69 Å². The predicted octanol–water partition coefficient (Wildman–Crippen LogP) is 2.72. The Morgan fingerprint density at radius 1 is 1.53 bits per heavy atom. The van der Waals surface area contributed by atoms with Gasteiger partial charge in [0.15, 0.2) is 0 Å². The molecule has 1 fully saturated rings. The van der Waals surface area contributed by atoms with E-state index in [1.54, 1.807) is 6.07 Å². The topological polar surface area (TPSA) is 24.5 Å². The van der Waals surface area contributed by atoms with E-state index in [2.05, 4.69) is 17.1 Å². The molecule has 1 heterocycles. The first-order chi connectivity index (χ1) is 9.17. The van der Waals surface area contributed by atoms with Gasteiger partial charge in [-0.2, -0.15) is 0 Å². The number of rotatable bonds is 4. The third-order valence-electron chi connectivity index (χ3n) is 3.91. The highest BCUT2D eigenvalue weighted by Crippen LogP contribution is 2.27. The van der Waals surface area contributed by atoms with E-state index in [1.165, 1.54) is 0 Å². The third-order valence-corrected chi connectivity index (χ3v) is 3.91. The molecule has 19 heavy (non-hydrogen) atoms. The molecule has 1 saturated heterocycles. The summed E-state index contributed by atoms with van der Waals surface area (Å²) in [6, 6.07) is 5.97. The Morgan fingerprint density at radius 3 is 2.95 bits per heavy atom. The van der Waals surface area contributed by atoms with Crippen LogP contribution in [0.4, 0.5) is 10.1 Å². The molecule has 1 N–H and O–H groups in total. The number of hydrogen-bond acceptors (Lipinski definition) is 3. The first kappa shape index (κ1) is 14.3. The minimum absolute atomic E-state index is 0.139. The molecule has 0 radical (unpaired) electrons. The number of nitrogens with zero attached hydrogens (tertiary/aromatic N) is 1. The van der Waals surface area contributed by atoms with Gasteiger partial charge in [-0.25, -0.2) is 4.39 Å². The number of ether oxygens (including phenoxy) is 1. The third kappa shape index (κ3) is 3.07. The zero-order valence-electron chi connectivity index (χ0n) is 11.9. The Balaban J connectivity index is 2.24. The SMILES string of the molecule is CCC1COCCN1c1ccc(C(C)NC)cc1F. The van der Waals surface area contributed by atoms with E-state index >= 15 is 0 Å². The first-order valence-corrected chi connectivity index (χ1v) is 6.98. The first-order valence-electron chi connectivity index (χ1n) is 6.98. The second kappa shape index (κ2) is 6.35. The van der Waals surface area contributed by atoms with Crippen molar-refractivity contribution < 1.29 is 9.13 Å². The largest absolute Gasteiger partial charge is 0.377 e. The van der Waals surface area contributed by atoms with Crippen molar-refractivity contribution in [2.45, 2.75) is 32.4 Å². The van der Waals surface area contributed by atoms with E-state index < -0.39 is 0 Å². The van der Waals surface area contributed by atoms with E-state index in [1.807, 2.05) is 26.1 Å². The lowest BCUT2D eigenvalue weighted by molar-refractivity contribution is 0.0926. The monoisotopic (exact) mass is 266 g/mol. The van der Waals surface area contributed by atoms with Crippen LogP contribution in [0.25, 0.3) is 0 Å². The molecule has 2 atom stereocenters. The Morgan fingerprint density at radius 2 is 2.32 bits per heavy atom. The summed E-state index contributed by atoms with van der Waals surface area (Å²) in [6.45, 7) is 6.26. The second-order valence-corrected chi connectivity index (χ2v) is 5.05. The molecule has 106 valence electrons. The molecule has 1 aliphatic heterocycles. The molecule has 0 bridgehead atoms. The van der Waals surface area contributed by atoms with Gasteiger partial charge in [-0.1, -0.05) is 13.0 Å². The molecule has 3 nitrogen and oxygen atoms in total. The average molecular weight is 266 g/mol. The molecule has 1 aromatic carbocycles. The Kier molecular flexibility index (Phi) is 4.77. The average Bonchev–Trinajstić information content (AvgIpc) is 2.46. The second-order valence-electron chi connectivity index (χ2n) is 5.05. The molecule has 0 aromatic heterocycles. The molecule has 1 aliphatic rings. The smallest absolute Gasteiger partial charge is 0.146 e. The van der Waals surface area contributed by atoms with Crippen LogP contribution < -0.4 is 10.2 Å². The van der Waals surface area contributed by atoms with Gasteiger partial charge in [0.2, 0.25) is 0 Å². The van der Waals surface area contributed by atoms with Crippen molar-refractivity contribution in [3.8, 4) is 0 Å². The van der Waals surface area contributed by atoms with Gasteiger partial charge in [0.1, 0.15) is 5.82 Å². The lowest BCUT2D eigenvalue weighted by Gasteiger charge is -2.37. The van der Waals surface area contributed by atoms with E-state index in [0.29, 0.717) is 18.9 Å². The van der Waals surface area contributed by atoms with Crippen molar-refractivity contribution in [2.24, 2.45) is 0 Å². The molecule has 1 aromatic rings. The van der Waals surface area contributed by atoms with Gasteiger partial charge in [-0.15, -0.1) is 0 Å². The molecule has 0 spiro atoms. The fourth-order valence-corrected chi connectivity index (χ4v) is 2.50. The Labute approximate surface area is 114 Å². The van der Waals surface area contributed by atoms with Crippen LogP contribution in [0.1, 0.15) is 31.9 Å². The number of morpholine rings is 1. The minimum atomic E-state index is -0.139. The number of nitrogens with one attached hydrogen (secondary N) is 1. The molecule has 0 aliphatic carbocycles. The van der Waals surface area contributed by atoms with Gasteiger partial charge in [0.05, 0.1) is 24.9 Å². The number of benzene rings is 1. The summed E-state index contributed by atoms with van der Waals surface area (Å²) in [5, 5.41) is 3.13. The summed E-state index contributed by atoms with van der Waals surface area (Å²) < 4.78 is 19.8. The highest BCUT2D eigenvalue weighted by Gasteiger charge is 2.24. The van der Waals surface area contributed by atoms with Crippen molar-refractivity contribution in [3.05, 3.63) is 29.6 Å². The van der Waals surface area contributed by atoms with Crippen LogP contribution in [0, 0.1) is 5.82 Å². The van der Waals surface area contributed by atoms with Gasteiger partial charge >= 0.3 is 0 Å². The summed E-state index contributed by atoms with van der Waals surface area (Å²) in [5.74, 6) is -0.139. The number of hydrogen-bond donors (Lipinski definition) is 1. The fourth-order valence-electron chi connectivity index (χ4n) is 2.50. The van der Waals surface area contributed by atoms with Crippen molar-refractivity contribution in [3.63, 3.8) is 0 Å². The van der Waals surface area contributed by atoms with Crippen LogP contribution in [0.2, 0.25) is 0 Å². The summed E-state index contributed by atoms with van der Waals surface area (Å²) in [4.78, 5) is 2.13. The predicted molar refractivity (Wildman–Crippen MR) is 76.1 cm³/mol. The molecule has 2 rings (SSSR count). The molecular weight excluding hydrogens is 243 g/mol. The maximum Gasteiger partial charge on any atom is 0.146 e. The van der Waals surface area contributed by atoms with Crippen LogP contribution in [-0.4, -0.2) is 32.8 Å². The normalized spacial score (nSPS) is 21.5. The molecule has 4 heteroatoms. The van der Waals surface area contributed by atoms with Gasteiger partial charge in [-0.05, 0) is 38.1 Å². The van der Waals surface area contributed by atoms with Crippen molar-refractivity contribution in [1.29, 1.82) is 0 Å². The van der Waals surface area contributed by atoms with E-state index in [9.17, 15) is 4.39 Å². The van der Waals surface area contributed by atoms with Crippen LogP contribution in [0.5, 0.6) is 0 Å². The Hall–Kier alpha value is -1.13. The lowest BCUT2D eigenvalue weighted by atomic mass is 10.1. The molecule has 0 saturated carbocycles. The van der Waals surface area contributed by atoms with Gasteiger partial charge in [-0.3, -0.25) is 0 Å². The van der Waals surface area contributed by atoms with Gasteiger partial charge < -0.3 is 15.0 Å². The lowest BCUT2D eigenvalue weighted by Crippen LogP contribution is -2.45. The quantitative estimate of drug-likeness (QED) is 0.907. The minimum Gasteiger partial charge on any atom is -0.377 e. The highest BCUT2D eigenvalue weighted by molar-refractivity contribution is 5.51. The van der Waals surface area contributed by atoms with Gasteiger partial charge in [0.25, 0.3) is 0 Å². The highest BCUT2D eigenvalue weighted by atomic mass is 19.1. The van der Waals surface area contributed by atoms with Crippen LogP contribution in [0.3, 0.4) is 0 Å². The number of anilines is 1. The standard InChI is InChI=1S/C15H23FN2O/c1-4-13-10-19-8-7-18(13)15-6-5-12(9-14(15)16)11(2)17-3/h5-6,9,11,13,17H,4,7-8,10H2,1-3H3.